The molecule has 32 heavy (non-hydrogen) atoms. The molecule has 0 aliphatic carbocycles. The van der Waals surface area contributed by atoms with Gasteiger partial charge in [-0.15, -0.1) is 4.80 Å². The van der Waals surface area contributed by atoms with Gasteiger partial charge in [0.2, 0.25) is 5.88 Å². The Bertz CT molecular complexity index is 1070. The third-order valence-corrected chi connectivity index (χ3v) is 4.59. The third kappa shape index (κ3) is 4.84. The van der Waals surface area contributed by atoms with E-state index in [9.17, 15) is 26.7 Å². The maximum Gasteiger partial charge on any atom is 0.417 e. The number of pyridine rings is 1. The molecule has 1 aromatic carbocycles. The Labute approximate surface area is 179 Å². The number of aromatic nitrogens is 4. The number of halogens is 5. The van der Waals surface area contributed by atoms with Crippen molar-refractivity contribution in [3.05, 3.63) is 65.6 Å². The van der Waals surface area contributed by atoms with Crippen molar-refractivity contribution >= 4 is 5.91 Å². The molecule has 170 valence electrons. The van der Waals surface area contributed by atoms with E-state index in [-0.39, 0.29) is 24.6 Å². The topological polar surface area (TPSA) is 73.1 Å². The van der Waals surface area contributed by atoms with Gasteiger partial charge in [-0.05, 0) is 32.0 Å². The highest BCUT2D eigenvalue weighted by Gasteiger charge is 2.31. The lowest BCUT2D eigenvalue weighted by Crippen LogP contribution is -2.42. The van der Waals surface area contributed by atoms with Crippen LogP contribution in [0.25, 0.3) is 5.69 Å². The third-order valence-electron chi connectivity index (χ3n) is 4.59. The first-order chi connectivity index (χ1) is 15.1. The molecule has 0 fully saturated rings. The molecule has 0 spiro atoms. The number of carbonyl (C=O) groups is 1. The Hall–Kier alpha value is -3.57. The number of nitrogens with zero attached hydrogens (tertiary/aromatic N) is 5. The van der Waals surface area contributed by atoms with E-state index in [0.717, 1.165) is 29.1 Å². The van der Waals surface area contributed by atoms with Crippen LogP contribution in [-0.4, -0.2) is 50.0 Å². The van der Waals surface area contributed by atoms with Crippen LogP contribution in [-0.2, 0) is 6.18 Å². The Balaban J connectivity index is 1.78. The molecule has 12 heteroatoms. The van der Waals surface area contributed by atoms with Crippen LogP contribution in [0.4, 0.5) is 22.0 Å². The van der Waals surface area contributed by atoms with Gasteiger partial charge < -0.3 is 9.64 Å². The van der Waals surface area contributed by atoms with E-state index >= 15 is 0 Å². The summed E-state index contributed by atoms with van der Waals surface area (Å²) in [6.07, 6.45) is -1.36. The molecule has 0 radical (unpaired) electrons. The molecular weight excluding hydrogens is 437 g/mol. The van der Waals surface area contributed by atoms with Crippen molar-refractivity contribution in [1.82, 2.24) is 24.9 Å². The smallest absolute Gasteiger partial charge is 0.417 e. The molecule has 1 atom stereocenters. The number of benzene rings is 1. The molecule has 1 unspecified atom stereocenters. The van der Waals surface area contributed by atoms with Crippen LogP contribution >= 0.6 is 0 Å². The van der Waals surface area contributed by atoms with Crippen molar-refractivity contribution in [2.75, 3.05) is 13.2 Å². The fourth-order valence-electron chi connectivity index (χ4n) is 2.98. The molecule has 3 aromatic rings. The summed E-state index contributed by atoms with van der Waals surface area (Å²) in [5.41, 5.74) is -1.52. The predicted molar refractivity (Wildman–Crippen MR) is 102 cm³/mol. The van der Waals surface area contributed by atoms with Gasteiger partial charge in [0.15, 0.2) is 11.6 Å². The first-order valence-corrected chi connectivity index (χ1v) is 9.45. The molecule has 0 saturated heterocycles. The van der Waals surface area contributed by atoms with Crippen molar-refractivity contribution in [3.8, 4) is 11.6 Å². The van der Waals surface area contributed by atoms with Crippen LogP contribution in [0.15, 0.2) is 42.9 Å². The highest BCUT2D eigenvalue weighted by atomic mass is 19.4. The fraction of sp³-hybridized carbons (Fsp3) is 0.300. The monoisotopic (exact) mass is 455 g/mol. The van der Waals surface area contributed by atoms with Crippen LogP contribution in [0.3, 0.4) is 0 Å². The maximum absolute atomic E-state index is 14.5. The van der Waals surface area contributed by atoms with Crippen molar-refractivity contribution in [1.29, 1.82) is 0 Å². The largest absolute Gasteiger partial charge is 0.475 e. The minimum atomic E-state index is -4.52. The molecule has 1 amide bonds. The van der Waals surface area contributed by atoms with Crippen molar-refractivity contribution in [2.45, 2.75) is 26.1 Å². The molecule has 0 N–H and O–H groups in total. The summed E-state index contributed by atoms with van der Waals surface area (Å²) in [5.74, 6) is -3.12. The van der Waals surface area contributed by atoms with Crippen LogP contribution in [0.1, 0.15) is 29.8 Å². The van der Waals surface area contributed by atoms with E-state index in [2.05, 4.69) is 15.2 Å². The van der Waals surface area contributed by atoms with E-state index in [0.29, 0.717) is 6.20 Å². The average molecular weight is 455 g/mol. The second-order valence-corrected chi connectivity index (χ2v) is 6.71. The van der Waals surface area contributed by atoms with E-state index in [1.54, 1.807) is 13.8 Å². The molecular formula is C20H18F5N5O2. The minimum Gasteiger partial charge on any atom is -0.475 e. The highest BCUT2D eigenvalue weighted by Crippen LogP contribution is 2.29. The number of alkyl halides is 3. The molecule has 2 heterocycles. The zero-order chi connectivity index (χ0) is 23.5. The number of hydrogen-bond donors (Lipinski definition) is 0. The number of likely N-dealkylation sites (N-methyl/N-ethyl adjacent to an activating group) is 1. The summed E-state index contributed by atoms with van der Waals surface area (Å²) in [4.78, 5) is 18.9. The molecule has 0 saturated carbocycles. The van der Waals surface area contributed by atoms with E-state index < -0.39 is 41.0 Å². The number of carbonyl (C=O) groups excluding carboxylic acids is 1. The normalized spacial score (nSPS) is 12.5. The molecule has 7 nitrogen and oxygen atoms in total. The van der Waals surface area contributed by atoms with Gasteiger partial charge in [0.1, 0.15) is 12.3 Å². The van der Waals surface area contributed by atoms with Gasteiger partial charge >= 0.3 is 6.18 Å². The Morgan fingerprint density at radius 1 is 1.16 bits per heavy atom. The summed E-state index contributed by atoms with van der Waals surface area (Å²) < 4.78 is 71.6. The molecule has 3 rings (SSSR count). The Morgan fingerprint density at radius 2 is 1.84 bits per heavy atom. The fourth-order valence-corrected chi connectivity index (χ4v) is 2.98. The van der Waals surface area contributed by atoms with E-state index in [1.165, 1.54) is 17.3 Å². The van der Waals surface area contributed by atoms with Gasteiger partial charge in [-0.3, -0.25) is 4.79 Å². The van der Waals surface area contributed by atoms with E-state index in [1.807, 2.05) is 0 Å². The van der Waals surface area contributed by atoms with Crippen LogP contribution in [0.2, 0.25) is 0 Å². The molecule has 0 bridgehead atoms. The van der Waals surface area contributed by atoms with Gasteiger partial charge in [-0.1, -0.05) is 0 Å². The lowest BCUT2D eigenvalue weighted by atomic mass is 10.1. The van der Waals surface area contributed by atoms with Crippen LogP contribution < -0.4 is 4.74 Å². The first-order valence-electron chi connectivity index (χ1n) is 9.45. The first kappa shape index (κ1) is 23.1. The van der Waals surface area contributed by atoms with Crippen LogP contribution in [0.5, 0.6) is 5.88 Å². The van der Waals surface area contributed by atoms with Gasteiger partial charge in [0, 0.05) is 18.8 Å². The summed E-state index contributed by atoms with van der Waals surface area (Å²) >= 11 is 0. The lowest BCUT2D eigenvalue weighted by molar-refractivity contribution is -0.137. The minimum absolute atomic E-state index is 0.0531. The van der Waals surface area contributed by atoms with Gasteiger partial charge in [-0.25, -0.2) is 13.8 Å². The molecule has 0 aliphatic rings. The van der Waals surface area contributed by atoms with Gasteiger partial charge in [-0.2, -0.15) is 23.4 Å². The lowest BCUT2D eigenvalue weighted by Gasteiger charge is -2.28. The number of amides is 1. The molecule has 2 aromatic heterocycles. The Kier molecular flexibility index (Phi) is 6.70. The van der Waals surface area contributed by atoms with Crippen molar-refractivity contribution in [2.24, 2.45) is 0 Å². The van der Waals surface area contributed by atoms with Gasteiger partial charge in [0.25, 0.3) is 5.91 Å². The number of rotatable bonds is 7. The maximum atomic E-state index is 14.5. The Morgan fingerprint density at radius 3 is 2.41 bits per heavy atom. The highest BCUT2D eigenvalue weighted by molar-refractivity contribution is 5.98. The summed E-state index contributed by atoms with van der Waals surface area (Å²) in [6.45, 7) is 3.40. The second-order valence-electron chi connectivity index (χ2n) is 6.71. The van der Waals surface area contributed by atoms with E-state index in [4.69, 9.17) is 4.74 Å². The summed E-state index contributed by atoms with van der Waals surface area (Å²) in [6, 6.07) is 3.29. The number of ether oxygens (including phenoxy) is 1. The van der Waals surface area contributed by atoms with Crippen molar-refractivity contribution in [3.63, 3.8) is 0 Å². The quantitative estimate of drug-likeness (QED) is 0.506. The van der Waals surface area contributed by atoms with Crippen molar-refractivity contribution < 1.29 is 31.5 Å². The van der Waals surface area contributed by atoms with Gasteiger partial charge in [0.05, 0.1) is 29.6 Å². The predicted octanol–water partition coefficient (Wildman–Crippen LogP) is 3.89. The number of hydrogen-bond acceptors (Lipinski definition) is 5. The SMILES string of the molecule is CCN(C(=O)c1ccc(F)c(F)c1-n1nccn1)C(C)COc1ccc(C(F)(F)F)cn1. The second kappa shape index (κ2) is 9.28. The average Bonchev–Trinajstić information content (AvgIpc) is 3.28. The zero-order valence-electron chi connectivity index (χ0n) is 17.0. The summed E-state index contributed by atoms with van der Waals surface area (Å²) in [7, 11) is 0. The standard InChI is InChI=1S/C20H18F5N5O2/c1-3-29(12(2)11-32-16-7-4-13(10-26-16)20(23,24)25)19(31)14-5-6-15(21)17(22)18(14)30-27-8-9-28-30/h4-10,12H,3,11H2,1-2H3. The zero-order valence-corrected chi connectivity index (χ0v) is 17.0. The van der Waals surface area contributed by atoms with Crippen LogP contribution in [0, 0.1) is 11.6 Å². The summed E-state index contributed by atoms with van der Waals surface area (Å²) in [5, 5.41) is 7.55. The molecule has 0 aliphatic heterocycles.